The third kappa shape index (κ3) is 2.11. The van der Waals surface area contributed by atoms with Gasteiger partial charge in [0.25, 0.3) is 0 Å². The normalized spacial score (nSPS) is 30.2. The van der Waals surface area contributed by atoms with Crippen LogP contribution in [0.1, 0.15) is 6.42 Å². The molecule has 1 saturated heterocycles. The minimum Gasteiger partial charge on any atom is -0.380 e. The molecule has 2 atom stereocenters. The molecule has 0 aromatic rings. The van der Waals surface area contributed by atoms with Crippen molar-refractivity contribution in [3.63, 3.8) is 0 Å². The Bertz CT molecular complexity index is 190. The molecule has 5 heteroatoms. The van der Waals surface area contributed by atoms with Crippen LogP contribution >= 0.6 is 0 Å². The van der Waals surface area contributed by atoms with Crippen molar-refractivity contribution in [3.05, 3.63) is 10.4 Å². The van der Waals surface area contributed by atoms with Crippen LogP contribution in [0.5, 0.6) is 0 Å². The molecular formula is C7H14N4O. The number of methoxy groups -OCH3 is 1. The fourth-order valence-electron chi connectivity index (χ4n) is 1.54. The fraction of sp³-hybridized carbons (Fsp3) is 1.00. The molecule has 0 radical (unpaired) electrons. The van der Waals surface area contributed by atoms with E-state index in [9.17, 15) is 0 Å². The molecule has 0 spiro atoms. The van der Waals surface area contributed by atoms with Crippen molar-refractivity contribution in [2.75, 3.05) is 27.2 Å². The highest BCUT2D eigenvalue weighted by molar-refractivity contribution is 4.85. The van der Waals surface area contributed by atoms with Gasteiger partial charge in [0.15, 0.2) is 0 Å². The first kappa shape index (κ1) is 9.32. The Morgan fingerprint density at radius 3 is 3.00 bits per heavy atom. The Hall–Kier alpha value is -0.770. The number of ether oxygens (including phenoxy) is 1. The van der Waals surface area contributed by atoms with Crippen molar-refractivity contribution in [1.29, 1.82) is 0 Å². The Morgan fingerprint density at radius 2 is 2.50 bits per heavy atom. The van der Waals surface area contributed by atoms with Gasteiger partial charge in [-0.15, -0.1) is 0 Å². The van der Waals surface area contributed by atoms with Gasteiger partial charge in [0.1, 0.15) is 0 Å². The van der Waals surface area contributed by atoms with Crippen LogP contribution in [0.4, 0.5) is 0 Å². The first-order chi connectivity index (χ1) is 5.77. The molecule has 0 saturated carbocycles. The molecule has 1 heterocycles. The van der Waals surface area contributed by atoms with E-state index in [0.717, 1.165) is 13.0 Å². The second kappa shape index (κ2) is 4.30. The van der Waals surface area contributed by atoms with Gasteiger partial charge in [-0.25, -0.2) is 0 Å². The number of azide groups is 1. The van der Waals surface area contributed by atoms with Gasteiger partial charge in [0, 0.05) is 31.2 Å². The van der Waals surface area contributed by atoms with Crippen molar-refractivity contribution >= 4 is 0 Å². The number of likely N-dealkylation sites (N-methyl/N-ethyl adjacent to an activating group) is 1. The fourth-order valence-corrected chi connectivity index (χ4v) is 1.54. The molecule has 0 aliphatic carbocycles. The lowest BCUT2D eigenvalue weighted by Gasteiger charge is -2.15. The van der Waals surface area contributed by atoms with Crippen LogP contribution in [-0.2, 0) is 4.74 Å². The Morgan fingerprint density at radius 1 is 1.75 bits per heavy atom. The Kier molecular flexibility index (Phi) is 3.34. The van der Waals surface area contributed by atoms with Crippen LogP contribution in [-0.4, -0.2) is 44.3 Å². The molecule has 0 aromatic heterocycles. The lowest BCUT2D eigenvalue weighted by Crippen LogP contribution is -2.27. The van der Waals surface area contributed by atoms with Gasteiger partial charge in [-0.1, -0.05) is 5.11 Å². The van der Waals surface area contributed by atoms with E-state index in [0.29, 0.717) is 18.7 Å². The summed E-state index contributed by atoms with van der Waals surface area (Å²) in [6.45, 7) is 1.48. The smallest absolute Gasteiger partial charge is 0.0713 e. The summed E-state index contributed by atoms with van der Waals surface area (Å²) in [5, 5.41) is 3.56. The van der Waals surface area contributed by atoms with Gasteiger partial charge in [-0.3, -0.25) is 0 Å². The van der Waals surface area contributed by atoms with Gasteiger partial charge in [0.05, 0.1) is 6.10 Å². The highest BCUT2D eigenvalue weighted by Gasteiger charge is 2.28. The highest BCUT2D eigenvalue weighted by Crippen LogP contribution is 2.17. The van der Waals surface area contributed by atoms with Gasteiger partial charge in [-0.2, -0.15) is 0 Å². The summed E-state index contributed by atoms with van der Waals surface area (Å²) in [5.41, 5.74) is 8.14. The van der Waals surface area contributed by atoms with Gasteiger partial charge in [-0.05, 0) is 19.0 Å². The molecule has 1 fully saturated rings. The average Bonchev–Trinajstić information content (AvgIpc) is 2.43. The SMILES string of the molecule is COC1CC(CN=[N+]=[N-])N(C)C1. The van der Waals surface area contributed by atoms with Gasteiger partial charge < -0.3 is 9.64 Å². The van der Waals surface area contributed by atoms with E-state index >= 15 is 0 Å². The minimum absolute atomic E-state index is 0.300. The standard InChI is InChI=1S/C7H14N4O/c1-11-5-7(12-2)3-6(11)4-9-10-8/h6-7H,3-5H2,1-2H3. The molecule has 0 N–H and O–H groups in total. The van der Waals surface area contributed by atoms with E-state index in [4.69, 9.17) is 10.3 Å². The number of hydrogen-bond donors (Lipinski definition) is 0. The van der Waals surface area contributed by atoms with Gasteiger partial charge in [0.2, 0.25) is 0 Å². The zero-order valence-corrected chi connectivity index (χ0v) is 7.47. The molecule has 1 aliphatic heterocycles. The summed E-state index contributed by atoms with van der Waals surface area (Å²) in [6.07, 6.45) is 1.26. The van der Waals surface area contributed by atoms with E-state index in [1.54, 1.807) is 7.11 Å². The minimum atomic E-state index is 0.300. The van der Waals surface area contributed by atoms with E-state index < -0.39 is 0 Å². The molecule has 5 nitrogen and oxygen atoms in total. The maximum absolute atomic E-state index is 8.14. The van der Waals surface area contributed by atoms with Crippen molar-refractivity contribution < 1.29 is 4.74 Å². The van der Waals surface area contributed by atoms with Crippen molar-refractivity contribution in [3.8, 4) is 0 Å². The zero-order chi connectivity index (χ0) is 8.97. The Balaban J connectivity index is 2.40. The summed E-state index contributed by atoms with van der Waals surface area (Å²) in [5.74, 6) is 0. The predicted octanol–water partition coefficient (Wildman–Crippen LogP) is 1.02. The summed E-state index contributed by atoms with van der Waals surface area (Å²) < 4.78 is 5.22. The topological polar surface area (TPSA) is 61.2 Å². The second-order valence-corrected chi connectivity index (χ2v) is 3.10. The Labute approximate surface area is 71.9 Å². The summed E-state index contributed by atoms with van der Waals surface area (Å²) in [6, 6.07) is 0.353. The van der Waals surface area contributed by atoms with E-state index in [2.05, 4.69) is 14.9 Å². The molecule has 1 aliphatic rings. The quantitative estimate of drug-likeness (QED) is 0.360. The maximum Gasteiger partial charge on any atom is 0.0713 e. The highest BCUT2D eigenvalue weighted by atomic mass is 16.5. The van der Waals surface area contributed by atoms with Gasteiger partial charge >= 0.3 is 0 Å². The van der Waals surface area contributed by atoms with Crippen LogP contribution in [0.25, 0.3) is 10.4 Å². The van der Waals surface area contributed by atoms with Crippen molar-refractivity contribution in [2.24, 2.45) is 5.11 Å². The second-order valence-electron chi connectivity index (χ2n) is 3.10. The van der Waals surface area contributed by atoms with Crippen molar-refractivity contribution in [1.82, 2.24) is 4.90 Å². The third-order valence-corrected chi connectivity index (χ3v) is 2.34. The molecule has 0 bridgehead atoms. The van der Waals surface area contributed by atoms with Crippen LogP contribution < -0.4 is 0 Å². The number of rotatable bonds is 3. The molecule has 68 valence electrons. The van der Waals surface area contributed by atoms with Crippen LogP contribution in [0, 0.1) is 0 Å². The molecule has 0 aromatic carbocycles. The molecule has 1 rings (SSSR count). The predicted molar refractivity (Wildman–Crippen MR) is 45.8 cm³/mol. The molecule has 0 amide bonds. The molecule has 12 heavy (non-hydrogen) atoms. The van der Waals surface area contributed by atoms with Crippen LogP contribution in [0.2, 0.25) is 0 Å². The zero-order valence-electron chi connectivity index (χ0n) is 7.47. The number of hydrogen-bond acceptors (Lipinski definition) is 3. The third-order valence-electron chi connectivity index (χ3n) is 2.34. The van der Waals surface area contributed by atoms with Crippen LogP contribution in [0.3, 0.4) is 0 Å². The summed E-state index contributed by atoms with van der Waals surface area (Å²) in [7, 11) is 3.74. The van der Waals surface area contributed by atoms with Crippen LogP contribution in [0.15, 0.2) is 5.11 Å². The lowest BCUT2D eigenvalue weighted by molar-refractivity contribution is 0.111. The number of likely N-dealkylation sites (tertiary alicyclic amines) is 1. The maximum atomic E-state index is 8.14. The average molecular weight is 170 g/mol. The summed E-state index contributed by atoms with van der Waals surface area (Å²) in [4.78, 5) is 4.91. The van der Waals surface area contributed by atoms with E-state index in [1.807, 2.05) is 7.05 Å². The first-order valence-electron chi connectivity index (χ1n) is 4.01. The van der Waals surface area contributed by atoms with E-state index in [1.165, 1.54) is 0 Å². The molecular weight excluding hydrogens is 156 g/mol. The van der Waals surface area contributed by atoms with Crippen molar-refractivity contribution in [2.45, 2.75) is 18.6 Å². The summed E-state index contributed by atoms with van der Waals surface area (Å²) >= 11 is 0. The van der Waals surface area contributed by atoms with E-state index in [-0.39, 0.29) is 0 Å². The first-order valence-corrected chi connectivity index (χ1v) is 4.01. The lowest BCUT2D eigenvalue weighted by atomic mass is 10.2. The number of nitrogens with zero attached hydrogens (tertiary/aromatic N) is 4. The monoisotopic (exact) mass is 170 g/mol. The largest absolute Gasteiger partial charge is 0.380 e. The molecule has 2 unspecified atom stereocenters.